The number of carboxylic acids is 1. The third kappa shape index (κ3) is 4.20. The molecule has 0 saturated heterocycles. The van der Waals surface area contributed by atoms with Crippen molar-refractivity contribution >= 4 is 12.0 Å². The largest absolute Gasteiger partial charge is 0.481 e. The molecule has 0 aromatic heterocycles. The molecule has 18 heavy (non-hydrogen) atoms. The number of carbonyl (C=O) groups is 2. The number of nitrogens with zero attached hydrogens (tertiary/aromatic N) is 1. The highest BCUT2D eigenvalue weighted by molar-refractivity contribution is 5.75. The minimum atomic E-state index is -0.745. The predicted octanol–water partition coefficient (Wildman–Crippen LogP) is 2.07. The van der Waals surface area contributed by atoms with Gasteiger partial charge in [0.2, 0.25) is 0 Å². The zero-order valence-corrected chi connectivity index (χ0v) is 11.3. The van der Waals surface area contributed by atoms with Gasteiger partial charge in [-0.05, 0) is 32.1 Å². The summed E-state index contributed by atoms with van der Waals surface area (Å²) in [6, 6.07) is -0.0236. The molecule has 0 aliphatic heterocycles. The van der Waals surface area contributed by atoms with Gasteiger partial charge in [-0.3, -0.25) is 4.79 Å². The van der Waals surface area contributed by atoms with Crippen LogP contribution in [-0.4, -0.2) is 41.1 Å². The molecule has 5 nitrogen and oxygen atoms in total. The third-order valence-corrected chi connectivity index (χ3v) is 3.38. The van der Waals surface area contributed by atoms with Crippen LogP contribution in [0.15, 0.2) is 0 Å². The van der Waals surface area contributed by atoms with Gasteiger partial charge >= 0.3 is 12.0 Å². The maximum atomic E-state index is 12.0. The quantitative estimate of drug-likeness (QED) is 0.764. The number of amides is 2. The lowest BCUT2D eigenvalue weighted by molar-refractivity contribution is -0.141. The Morgan fingerprint density at radius 3 is 2.28 bits per heavy atom. The van der Waals surface area contributed by atoms with Crippen molar-refractivity contribution in [3.8, 4) is 0 Å². The Morgan fingerprint density at radius 2 is 1.83 bits per heavy atom. The Bertz CT molecular complexity index is 288. The monoisotopic (exact) mass is 256 g/mol. The lowest BCUT2D eigenvalue weighted by Crippen LogP contribution is -2.44. The van der Waals surface area contributed by atoms with Crippen LogP contribution < -0.4 is 5.32 Å². The van der Waals surface area contributed by atoms with E-state index in [1.807, 2.05) is 18.7 Å². The van der Waals surface area contributed by atoms with Crippen LogP contribution in [-0.2, 0) is 4.79 Å². The van der Waals surface area contributed by atoms with Gasteiger partial charge in [-0.25, -0.2) is 4.79 Å². The minimum Gasteiger partial charge on any atom is -0.481 e. The minimum absolute atomic E-state index is 0.0230. The van der Waals surface area contributed by atoms with Crippen molar-refractivity contribution in [2.24, 2.45) is 5.92 Å². The summed E-state index contributed by atoms with van der Waals surface area (Å²) in [5.74, 6) is -1.04. The van der Waals surface area contributed by atoms with Crippen molar-refractivity contribution in [2.75, 3.05) is 13.1 Å². The first-order valence-electron chi connectivity index (χ1n) is 6.86. The summed E-state index contributed by atoms with van der Waals surface area (Å²) >= 11 is 0. The highest BCUT2D eigenvalue weighted by Crippen LogP contribution is 2.25. The fraction of sp³-hybridized carbons (Fsp3) is 0.846. The molecule has 1 saturated carbocycles. The van der Waals surface area contributed by atoms with Gasteiger partial charge in [0, 0.05) is 19.1 Å². The van der Waals surface area contributed by atoms with E-state index in [9.17, 15) is 9.59 Å². The Hall–Kier alpha value is -1.26. The van der Waals surface area contributed by atoms with Crippen LogP contribution in [0.5, 0.6) is 0 Å². The Labute approximate surface area is 109 Å². The van der Waals surface area contributed by atoms with Crippen LogP contribution in [0.4, 0.5) is 4.79 Å². The fourth-order valence-corrected chi connectivity index (χ4v) is 2.46. The SMILES string of the molecule is CCCN(CCC)C(=O)N[C@H]1CC[C@@H](C(=O)O)C1. The third-order valence-electron chi connectivity index (χ3n) is 3.38. The summed E-state index contributed by atoms with van der Waals surface area (Å²) in [4.78, 5) is 24.7. The summed E-state index contributed by atoms with van der Waals surface area (Å²) in [5.41, 5.74) is 0. The van der Waals surface area contributed by atoms with E-state index in [1.54, 1.807) is 0 Å². The molecule has 2 amide bonds. The number of aliphatic carboxylic acids is 1. The maximum absolute atomic E-state index is 12.0. The van der Waals surface area contributed by atoms with Crippen molar-refractivity contribution in [1.82, 2.24) is 10.2 Å². The topological polar surface area (TPSA) is 69.6 Å². The van der Waals surface area contributed by atoms with E-state index in [0.717, 1.165) is 32.4 Å². The van der Waals surface area contributed by atoms with E-state index in [1.165, 1.54) is 0 Å². The summed E-state index contributed by atoms with van der Waals surface area (Å²) in [6.07, 6.45) is 3.88. The molecular formula is C13H24N2O3. The lowest BCUT2D eigenvalue weighted by atomic mass is 10.1. The van der Waals surface area contributed by atoms with Crippen LogP contribution in [0.3, 0.4) is 0 Å². The number of carboxylic acid groups (broad SMARTS) is 1. The average Bonchev–Trinajstić information content (AvgIpc) is 2.77. The van der Waals surface area contributed by atoms with Gasteiger partial charge in [-0.2, -0.15) is 0 Å². The van der Waals surface area contributed by atoms with E-state index in [4.69, 9.17) is 5.11 Å². The van der Waals surface area contributed by atoms with Crippen molar-refractivity contribution in [3.63, 3.8) is 0 Å². The zero-order valence-electron chi connectivity index (χ0n) is 11.3. The van der Waals surface area contributed by atoms with Crippen LogP contribution in [0.1, 0.15) is 46.0 Å². The number of hydrogen-bond acceptors (Lipinski definition) is 2. The van der Waals surface area contributed by atoms with Crippen LogP contribution >= 0.6 is 0 Å². The van der Waals surface area contributed by atoms with Crippen molar-refractivity contribution in [2.45, 2.75) is 52.0 Å². The molecule has 0 radical (unpaired) electrons. The fourth-order valence-electron chi connectivity index (χ4n) is 2.46. The number of rotatable bonds is 6. The van der Waals surface area contributed by atoms with Gasteiger partial charge in [0.05, 0.1) is 5.92 Å². The van der Waals surface area contributed by atoms with Crippen LogP contribution in [0.2, 0.25) is 0 Å². The second-order valence-corrected chi connectivity index (χ2v) is 4.98. The van der Waals surface area contributed by atoms with E-state index in [0.29, 0.717) is 12.8 Å². The molecule has 1 fully saturated rings. The molecule has 0 unspecified atom stereocenters. The van der Waals surface area contributed by atoms with Gasteiger partial charge in [0.25, 0.3) is 0 Å². The molecule has 0 aromatic rings. The van der Waals surface area contributed by atoms with Gasteiger partial charge in [0.1, 0.15) is 0 Å². The second kappa shape index (κ2) is 7.24. The van der Waals surface area contributed by atoms with E-state index < -0.39 is 5.97 Å². The molecule has 1 aliphatic rings. The number of urea groups is 1. The first kappa shape index (κ1) is 14.8. The number of nitrogens with one attached hydrogen (secondary N) is 1. The van der Waals surface area contributed by atoms with Gasteiger partial charge in [-0.15, -0.1) is 0 Å². The number of hydrogen-bond donors (Lipinski definition) is 2. The summed E-state index contributed by atoms with van der Waals surface area (Å²) < 4.78 is 0. The zero-order chi connectivity index (χ0) is 13.5. The van der Waals surface area contributed by atoms with Gasteiger partial charge in [-0.1, -0.05) is 13.8 Å². The molecule has 0 aromatic carbocycles. The Kier molecular flexibility index (Phi) is 5.95. The first-order chi connectivity index (χ1) is 8.58. The van der Waals surface area contributed by atoms with Crippen molar-refractivity contribution < 1.29 is 14.7 Å². The van der Waals surface area contributed by atoms with Crippen molar-refractivity contribution in [1.29, 1.82) is 0 Å². The average molecular weight is 256 g/mol. The predicted molar refractivity (Wildman–Crippen MR) is 69.5 cm³/mol. The van der Waals surface area contributed by atoms with Crippen LogP contribution in [0, 0.1) is 5.92 Å². The standard InChI is InChI=1S/C13H24N2O3/c1-3-7-15(8-4-2)13(18)14-11-6-5-10(9-11)12(16)17/h10-11H,3-9H2,1-2H3,(H,14,18)(H,16,17)/t10-,11+/m1/s1. The van der Waals surface area contributed by atoms with Gasteiger partial charge < -0.3 is 15.3 Å². The first-order valence-corrected chi connectivity index (χ1v) is 6.86. The normalized spacial score (nSPS) is 22.8. The molecule has 2 atom stereocenters. The highest BCUT2D eigenvalue weighted by atomic mass is 16.4. The Balaban J connectivity index is 2.41. The molecule has 2 N–H and O–H groups in total. The summed E-state index contributed by atoms with van der Waals surface area (Å²) in [7, 11) is 0. The smallest absolute Gasteiger partial charge is 0.317 e. The molecule has 0 bridgehead atoms. The lowest BCUT2D eigenvalue weighted by Gasteiger charge is -2.24. The molecule has 0 heterocycles. The molecule has 0 spiro atoms. The molecule has 1 rings (SSSR count). The Morgan fingerprint density at radius 1 is 1.22 bits per heavy atom. The van der Waals surface area contributed by atoms with Crippen molar-refractivity contribution in [3.05, 3.63) is 0 Å². The molecule has 104 valence electrons. The summed E-state index contributed by atoms with van der Waals surface area (Å²) in [6.45, 7) is 5.61. The number of carbonyl (C=O) groups excluding carboxylic acids is 1. The summed E-state index contributed by atoms with van der Waals surface area (Å²) in [5, 5.41) is 11.9. The van der Waals surface area contributed by atoms with Crippen LogP contribution in [0.25, 0.3) is 0 Å². The van der Waals surface area contributed by atoms with E-state index in [2.05, 4.69) is 5.32 Å². The highest BCUT2D eigenvalue weighted by Gasteiger charge is 2.31. The second-order valence-electron chi connectivity index (χ2n) is 4.98. The van der Waals surface area contributed by atoms with E-state index >= 15 is 0 Å². The molecule has 1 aliphatic carbocycles. The molecule has 5 heteroatoms. The van der Waals surface area contributed by atoms with Gasteiger partial charge in [0.15, 0.2) is 0 Å². The van der Waals surface area contributed by atoms with E-state index in [-0.39, 0.29) is 18.0 Å². The maximum Gasteiger partial charge on any atom is 0.317 e. The molecular weight excluding hydrogens is 232 g/mol.